The third-order valence-corrected chi connectivity index (χ3v) is 3.94. The molecule has 2 rings (SSSR count). The van der Waals surface area contributed by atoms with E-state index in [2.05, 4.69) is 4.90 Å². The monoisotopic (exact) mass is 281 g/mol. The lowest BCUT2D eigenvalue weighted by Crippen LogP contribution is -2.43. The normalized spacial score (nSPS) is 20.4. The minimum atomic E-state index is 0.104. The van der Waals surface area contributed by atoms with E-state index in [0.717, 1.165) is 25.8 Å². The fraction of sp³-hybridized carbons (Fsp3) is 0.533. The Morgan fingerprint density at radius 1 is 1.42 bits per heavy atom. The van der Waals surface area contributed by atoms with Gasteiger partial charge in [-0.2, -0.15) is 0 Å². The number of Topliss-reactive ketones (excluding diaryl/α,β-unsaturated/α-hetero) is 1. The van der Waals surface area contributed by atoms with E-state index in [4.69, 9.17) is 16.7 Å². The maximum absolute atomic E-state index is 12.3. The van der Waals surface area contributed by atoms with Crippen molar-refractivity contribution < 1.29 is 9.90 Å². The smallest absolute Gasteiger partial charge is 0.176 e. The summed E-state index contributed by atoms with van der Waals surface area (Å²) in [6, 6.07) is 7.43. The molecule has 1 aromatic rings. The van der Waals surface area contributed by atoms with E-state index >= 15 is 0 Å². The molecule has 0 saturated carbocycles. The van der Waals surface area contributed by atoms with Gasteiger partial charge in [-0.1, -0.05) is 30.2 Å². The maximum Gasteiger partial charge on any atom is 0.176 e. The summed E-state index contributed by atoms with van der Waals surface area (Å²) in [5, 5.41) is 9.69. The summed E-state index contributed by atoms with van der Waals surface area (Å²) in [6.45, 7) is 1.55. The van der Waals surface area contributed by atoms with Gasteiger partial charge in [-0.15, -0.1) is 0 Å². The molecule has 0 bridgehead atoms. The van der Waals surface area contributed by atoms with Crippen molar-refractivity contribution in [2.24, 2.45) is 0 Å². The molecule has 0 aromatic heterocycles. The van der Waals surface area contributed by atoms with Crippen LogP contribution in [0.4, 0.5) is 0 Å². The minimum absolute atomic E-state index is 0.104. The Morgan fingerprint density at radius 2 is 2.26 bits per heavy atom. The van der Waals surface area contributed by atoms with Gasteiger partial charge in [0.25, 0.3) is 0 Å². The third-order valence-electron chi connectivity index (χ3n) is 3.70. The number of hydrogen-bond donors (Lipinski definition) is 1. The summed E-state index contributed by atoms with van der Waals surface area (Å²) in [7, 11) is 0. The molecule has 1 atom stereocenters. The van der Waals surface area contributed by atoms with Crippen LogP contribution >= 0.6 is 11.6 Å². The van der Waals surface area contributed by atoms with Gasteiger partial charge in [0.05, 0.1) is 6.54 Å². The zero-order valence-corrected chi connectivity index (χ0v) is 11.8. The SMILES string of the molecule is O=C(CN1CCCCC1CCO)c1cccc(Cl)c1. The molecule has 1 heterocycles. The van der Waals surface area contributed by atoms with Gasteiger partial charge in [-0.05, 0) is 37.9 Å². The topological polar surface area (TPSA) is 40.5 Å². The summed E-state index contributed by atoms with van der Waals surface area (Å²) in [6.07, 6.45) is 4.14. The first-order valence-electron chi connectivity index (χ1n) is 6.84. The number of nitrogens with zero attached hydrogens (tertiary/aromatic N) is 1. The molecule has 1 unspecified atom stereocenters. The number of piperidine rings is 1. The molecule has 1 aromatic carbocycles. The molecule has 19 heavy (non-hydrogen) atoms. The number of hydrogen-bond acceptors (Lipinski definition) is 3. The maximum atomic E-state index is 12.3. The van der Waals surface area contributed by atoms with Crippen LogP contribution in [0.15, 0.2) is 24.3 Å². The van der Waals surface area contributed by atoms with E-state index < -0.39 is 0 Å². The Morgan fingerprint density at radius 3 is 3.00 bits per heavy atom. The molecule has 1 fully saturated rings. The molecule has 0 aliphatic carbocycles. The number of ketones is 1. The van der Waals surface area contributed by atoms with Crippen LogP contribution < -0.4 is 0 Å². The lowest BCUT2D eigenvalue weighted by molar-refractivity contribution is 0.0799. The molecule has 0 amide bonds. The summed E-state index contributed by atoms with van der Waals surface area (Å²) in [5.74, 6) is 0.104. The van der Waals surface area contributed by atoms with Crippen LogP contribution in [0, 0.1) is 0 Å². The van der Waals surface area contributed by atoms with Crippen LogP contribution in [0.2, 0.25) is 5.02 Å². The fourth-order valence-corrected chi connectivity index (χ4v) is 2.87. The number of carbonyl (C=O) groups is 1. The van der Waals surface area contributed by atoms with Crippen LogP contribution in [-0.4, -0.2) is 41.5 Å². The average molecular weight is 282 g/mol. The predicted octanol–water partition coefficient (Wildman–Crippen LogP) is 2.76. The summed E-state index contributed by atoms with van der Waals surface area (Å²) in [5.41, 5.74) is 0.667. The van der Waals surface area contributed by atoms with Gasteiger partial charge in [0.2, 0.25) is 0 Å². The number of carbonyl (C=O) groups excluding carboxylic acids is 1. The molecule has 104 valence electrons. The van der Waals surface area contributed by atoms with Crippen molar-refractivity contribution in [3.8, 4) is 0 Å². The van der Waals surface area contributed by atoms with Gasteiger partial charge in [-0.25, -0.2) is 0 Å². The van der Waals surface area contributed by atoms with Gasteiger partial charge in [-0.3, -0.25) is 9.69 Å². The van der Waals surface area contributed by atoms with Crippen LogP contribution in [-0.2, 0) is 0 Å². The Balaban J connectivity index is 2.00. The Bertz CT molecular complexity index is 434. The quantitative estimate of drug-likeness (QED) is 0.844. The van der Waals surface area contributed by atoms with Crippen molar-refractivity contribution in [1.29, 1.82) is 0 Å². The van der Waals surface area contributed by atoms with Crippen LogP contribution in [0.3, 0.4) is 0 Å². The highest BCUT2D eigenvalue weighted by molar-refractivity contribution is 6.31. The van der Waals surface area contributed by atoms with Crippen molar-refractivity contribution in [3.05, 3.63) is 34.9 Å². The van der Waals surface area contributed by atoms with Crippen LogP contribution in [0.5, 0.6) is 0 Å². The Labute approximate surface area is 119 Å². The summed E-state index contributed by atoms with van der Waals surface area (Å²) < 4.78 is 0. The molecular formula is C15H20ClNO2. The Kier molecular flexibility index (Phi) is 5.37. The largest absolute Gasteiger partial charge is 0.396 e. The van der Waals surface area contributed by atoms with E-state index in [0.29, 0.717) is 23.2 Å². The second-order valence-corrected chi connectivity index (χ2v) is 5.50. The summed E-state index contributed by atoms with van der Waals surface area (Å²) in [4.78, 5) is 14.4. The van der Waals surface area contributed by atoms with E-state index in [1.165, 1.54) is 6.42 Å². The zero-order valence-electron chi connectivity index (χ0n) is 11.0. The molecule has 1 N–H and O–H groups in total. The molecule has 0 spiro atoms. The number of rotatable bonds is 5. The number of aliphatic hydroxyl groups excluding tert-OH is 1. The molecule has 0 radical (unpaired) electrons. The number of aliphatic hydroxyl groups is 1. The van der Waals surface area contributed by atoms with Crippen molar-refractivity contribution in [1.82, 2.24) is 4.90 Å². The molecule has 1 aliphatic rings. The highest BCUT2D eigenvalue weighted by atomic mass is 35.5. The van der Waals surface area contributed by atoms with Gasteiger partial charge in [0, 0.05) is 23.2 Å². The first-order valence-corrected chi connectivity index (χ1v) is 7.22. The van der Waals surface area contributed by atoms with Crippen molar-refractivity contribution >= 4 is 17.4 Å². The Hall–Kier alpha value is -0.900. The van der Waals surface area contributed by atoms with E-state index in [-0.39, 0.29) is 12.4 Å². The summed E-state index contributed by atoms with van der Waals surface area (Å²) >= 11 is 5.91. The van der Waals surface area contributed by atoms with Crippen molar-refractivity contribution in [3.63, 3.8) is 0 Å². The lowest BCUT2D eigenvalue weighted by Gasteiger charge is -2.34. The molecule has 1 aliphatic heterocycles. The predicted molar refractivity (Wildman–Crippen MR) is 76.7 cm³/mol. The number of halogens is 1. The van der Waals surface area contributed by atoms with Gasteiger partial charge >= 0.3 is 0 Å². The first kappa shape index (κ1) is 14.5. The van der Waals surface area contributed by atoms with Crippen LogP contribution in [0.25, 0.3) is 0 Å². The van der Waals surface area contributed by atoms with E-state index in [1.54, 1.807) is 24.3 Å². The van der Waals surface area contributed by atoms with Crippen molar-refractivity contribution in [2.75, 3.05) is 19.7 Å². The number of benzene rings is 1. The lowest BCUT2D eigenvalue weighted by atomic mass is 9.98. The van der Waals surface area contributed by atoms with Gasteiger partial charge < -0.3 is 5.11 Å². The average Bonchev–Trinajstić information content (AvgIpc) is 2.41. The molecular weight excluding hydrogens is 262 g/mol. The molecule has 1 saturated heterocycles. The molecule has 4 heteroatoms. The first-order chi connectivity index (χ1) is 9.20. The fourth-order valence-electron chi connectivity index (χ4n) is 2.68. The van der Waals surface area contributed by atoms with Crippen molar-refractivity contribution in [2.45, 2.75) is 31.7 Å². The van der Waals surface area contributed by atoms with E-state index in [1.807, 2.05) is 0 Å². The minimum Gasteiger partial charge on any atom is -0.396 e. The second kappa shape index (κ2) is 7.04. The third kappa shape index (κ3) is 4.03. The second-order valence-electron chi connectivity index (χ2n) is 5.07. The van der Waals surface area contributed by atoms with Gasteiger partial charge in [0.1, 0.15) is 0 Å². The zero-order chi connectivity index (χ0) is 13.7. The highest BCUT2D eigenvalue weighted by Gasteiger charge is 2.24. The number of likely N-dealkylation sites (tertiary alicyclic amines) is 1. The standard InChI is InChI=1S/C15H20ClNO2/c16-13-5-3-4-12(10-13)15(19)11-17-8-2-1-6-14(17)7-9-18/h3-5,10,14,18H,1-2,6-9,11H2. The molecule has 3 nitrogen and oxygen atoms in total. The van der Waals surface area contributed by atoms with Crippen LogP contribution in [0.1, 0.15) is 36.0 Å². The van der Waals surface area contributed by atoms with Gasteiger partial charge in [0.15, 0.2) is 5.78 Å². The highest BCUT2D eigenvalue weighted by Crippen LogP contribution is 2.20. The van der Waals surface area contributed by atoms with E-state index in [9.17, 15) is 4.79 Å².